The molecule has 4 nitrogen and oxygen atoms in total. The minimum absolute atomic E-state index is 0.287. The van der Waals surface area contributed by atoms with Crippen LogP contribution in [0.25, 0.3) is 0 Å². The van der Waals surface area contributed by atoms with E-state index < -0.39 is 15.0 Å². The minimum atomic E-state index is -1.11. The van der Waals surface area contributed by atoms with Gasteiger partial charge in [-0.05, 0) is 36.0 Å². The summed E-state index contributed by atoms with van der Waals surface area (Å²) in [5, 5.41) is 21.2. The Labute approximate surface area is 180 Å². The van der Waals surface area contributed by atoms with Gasteiger partial charge in [0.15, 0.2) is 4.20 Å². The summed E-state index contributed by atoms with van der Waals surface area (Å²) in [5.41, 5.74) is 5.11. The summed E-state index contributed by atoms with van der Waals surface area (Å²) in [5.74, 6) is 1.69. The van der Waals surface area contributed by atoms with Crippen molar-refractivity contribution in [3.63, 3.8) is 0 Å². The Balaban J connectivity index is 2.12. The van der Waals surface area contributed by atoms with Crippen LogP contribution in [-0.4, -0.2) is 21.5 Å². The number of halogens is 1. The zero-order chi connectivity index (χ0) is 20.4. The monoisotopic (exact) mass is 432 g/mol. The summed E-state index contributed by atoms with van der Waals surface area (Å²) < 4.78 is -0.768. The van der Waals surface area contributed by atoms with Crippen LogP contribution in [0.5, 0.6) is 0 Å². The number of hydrogen-bond donors (Lipinski definition) is 1. The van der Waals surface area contributed by atoms with Crippen molar-refractivity contribution in [3.8, 4) is 12.1 Å². The van der Waals surface area contributed by atoms with E-state index in [9.17, 15) is 10.5 Å². The normalized spacial score (nSPS) is 29.5. The van der Waals surface area contributed by atoms with Crippen LogP contribution in [0.4, 0.5) is 0 Å². The Morgan fingerprint density at radius 2 is 1.71 bits per heavy atom. The summed E-state index contributed by atoms with van der Waals surface area (Å²) in [6.45, 7) is 4.29. The molecule has 0 aromatic heterocycles. The van der Waals surface area contributed by atoms with Gasteiger partial charge in [0.25, 0.3) is 0 Å². The van der Waals surface area contributed by atoms with E-state index in [1.165, 1.54) is 0 Å². The van der Waals surface area contributed by atoms with Crippen LogP contribution in [0.3, 0.4) is 0 Å². The number of nitrogens with zero attached hydrogens (tertiary/aromatic N) is 3. The molecule has 1 aliphatic heterocycles. The van der Waals surface area contributed by atoms with Gasteiger partial charge in [0.05, 0.1) is 12.1 Å². The fourth-order valence-corrected chi connectivity index (χ4v) is 8.17. The highest BCUT2D eigenvalue weighted by molar-refractivity contribution is 8.18. The highest BCUT2D eigenvalue weighted by Crippen LogP contribution is 2.85. The number of benzene rings is 1. The van der Waals surface area contributed by atoms with Crippen molar-refractivity contribution in [1.82, 2.24) is 0 Å². The molecule has 0 saturated heterocycles. The molecule has 0 bridgehead atoms. The number of amidine groups is 1. The number of aliphatic imine (C=N–C) groups is 1. The van der Waals surface area contributed by atoms with Gasteiger partial charge in [-0.25, -0.2) is 4.99 Å². The molecule has 0 radical (unpaired) electrons. The molecule has 2 N–H and O–H groups in total. The first kappa shape index (κ1) is 21.4. The van der Waals surface area contributed by atoms with Crippen LogP contribution in [0.15, 0.2) is 29.3 Å². The van der Waals surface area contributed by atoms with E-state index in [0.29, 0.717) is 5.02 Å². The lowest BCUT2D eigenvalue weighted by atomic mass is 9.97. The van der Waals surface area contributed by atoms with E-state index in [4.69, 9.17) is 22.3 Å². The third-order valence-corrected chi connectivity index (χ3v) is 9.38. The molecule has 1 aromatic rings. The maximum absolute atomic E-state index is 10.5. The van der Waals surface area contributed by atoms with Crippen molar-refractivity contribution in [2.45, 2.75) is 49.7 Å². The fraction of sp³-hybridized carbons (Fsp3) is 0.571. The van der Waals surface area contributed by atoms with Crippen LogP contribution < -0.4 is 5.73 Å². The minimum Gasteiger partial charge on any atom is -0.386 e. The Kier molecular flexibility index (Phi) is 6.25. The van der Waals surface area contributed by atoms with Crippen LogP contribution in [-0.2, 0) is 0 Å². The summed E-state index contributed by atoms with van der Waals surface area (Å²) in [6, 6.07) is 12.4. The molecule has 148 valence electrons. The summed E-state index contributed by atoms with van der Waals surface area (Å²) in [7, 11) is 0. The van der Waals surface area contributed by atoms with Gasteiger partial charge in [0.1, 0.15) is 16.7 Å². The number of unbranched alkanes of at least 4 members (excludes halogenated alkanes) is 2. The van der Waals surface area contributed by atoms with Crippen molar-refractivity contribution in [3.05, 3.63) is 34.9 Å². The first-order valence-electron chi connectivity index (χ1n) is 9.72. The molecular formula is C21H25ClN4S2. The zero-order valence-corrected chi connectivity index (χ0v) is 18.6. The average molecular weight is 433 g/mol. The first-order chi connectivity index (χ1) is 13.5. The van der Waals surface area contributed by atoms with Crippen molar-refractivity contribution >= 4 is 41.0 Å². The predicted molar refractivity (Wildman–Crippen MR) is 119 cm³/mol. The van der Waals surface area contributed by atoms with Gasteiger partial charge in [-0.3, -0.25) is 0 Å². The van der Waals surface area contributed by atoms with Gasteiger partial charge in [0, 0.05) is 10.9 Å². The highest BCUT2D eigenvalue weighted by Gasteiger charge is 2.92. The molecule has 1 heterocycles. The van der Waals surface area contributed by atoms with E-state index in [1.54, 1.807) is 23.5 Å². The van der Waals surface area contributed by atoms with E-state index in [-0.39, 0.29) is 11.8 Å². The number of thioether (sulfide) groups is 2. The van der Waals surface area contributed by atoms with Crippen LogP contribution in [0.1, 0.15) is 51.0 Å². The lowest BCUT2D eigenvalue weighted by Crippen LogP contribution is -2.32. The number of rotatable bonds is 9. The Morgan fingerprint density at radius 1 is 1.11 bits per heavy atom. The predicted octanol–water partition coefficient (Wildman–Crippen LogP) is 5.55. The topological polar surface area (TPSA) is 86.0 Å². The lowest BCUT2D eigenvalue weighted by molar-refractivity contribution is 0.562. The lowest BCUT2D eigenvalue weighted by Gasteiger charge is -2.32. The highest BCUT2D eigenvalue weighted by atomic mass is 35.5. The van der Waals surface area contributed by atoms with Gasteiger partial charge in [-0.1, -0.05) is 56.5 Å². The van der Waals surface area contributed by atoms with Crippen LogP contribution >= 0.6 is 35.1 Å². The van der Waals surface area contributed by atoms with E-state index >= 15 is 0 Å². The molecule has 3 unspecified atom stereocenters. The molecule has 28 heavy (non-hydrogen) atoms. The summed E-state index contributed by atoms with van der Waals surface area (Å²) in [6.07, 6.45) is 4.21. The molecule has 0 amide bonds. The van der Waals surface area contributed by atoms with E-state index in [0.717, 1.165) is 42.8 Å². The zero-order valence-electron chi connectivity index (χ0n) is 16.2. The Bertz CT molecular complexity index is 849. The van der Waals surface area contributed by atoms with E-state index in [1.807, 2.05) is 24.3 Å². The van der Waals surface area contributed by atoms with Crippen molar-refractivity contribution in [1.29, 1.82) is 10.5 Å². The molecule has 1 aliphatic carbocycles. The standard InChI is InChI=1S/C21H25ClN4S2/c1-3-5-11-27-21(28-12-6-4-2)20(14-24)17(15-9-7-8-10-16(15)22)19(20,13-23)18(25)26-21/h7-10,17H,3-6,11-12H2,1-2H3,(H2,25,26). The third kappa shape index (κ3) is 2.76. The van der Waals surface area contributed by atoms with Gasteiger partial charge in [0.2, 0.25) is 0 Å². The smallest absolute Gasteiger partial charge is 0.175 e. The first-order valence-corrected chi connectivity index (χ1v) is 12.1. The summed E-state index contributed by atoms with van der Waals surface area (Å²) >= 11 is 9.85. The second kappa shape index (κ2) is 8.19. The number of hydrogen-bond acceptors (Lipinski definition) is 6. The second-order valence-electron chi connectivity index (χ2n) is 7.28. The number of fused-ring (bicyclic) bond motifs is 1. The molecule has 2 aliphatic rings. The van der Waals surface area contributed by atoms with Crippen molar-refractivity contribution < 1.29 is 0 Å². The second-order valence-corrected chi connectivity index (χ2v) is 10.5. The molecule has 0 spiro atoms. The van der Waals surface area contributed by atoms with Crippen LogP contribution in [0.2, 0.25) is 5.02 Å². The molecular weight excluding hydrogens is 408 g/mol. The molecule has 1 aromatic carbocycles. The number of nitriles is 2. The third-order valence-electron chi connectivity index (χ3n) is 5.73. The SMILES string of the molecule is CCCCSC1(SCCCC)N=C(N)C2(C#N)C(c3ccccc3Cl)C12C#N. The molecule has 1 saturated carbocycles. The fourth-order valence-electron chi connectivity index (χ4n) is 4.24. The van der Waals surface area contributed by atoms with Crippen molar-refractivity contribution in [2.75, 3.05) is 11.5 Å². The van der Waals surface area contributed by atoms with Gasteiger partial charge >= 0.3 is 0 Å². The molecule has 7 heteroatoms. The largest absolute Gasteiger partial charge is 0.386 e. The number of nitrogens with two attached hydrogens (primary N) is 1. The van der Waals surface area contributed by atoms with Crippen LogP contribution in [0, 0.1) is 33.5 Å². The van der Waals surface area contributed by atoms with Crippen molar-refractivity contribution in [2.24, 2.45) is 21.6 Å². The Hall–Kier alpha value is -1.34. The average Bonchev–Trinajstić information content (AvgIpc) is 3.26. The summed E-state index contributed by atoms with van der Waals surface area (Å²) in [4.78, 5) is 4.82. The molecule has 3 atom stereocenters. The van der Waals surface area contributed by atoms with Gasteiger partial charge < -0.3 is 5.73 Å². The quantitative estimate of drug-likeness (QED) is 0.408. The Morgan fingerprint density at radius 3 is 2.21 bits per heavy atom. The maximum Gasteiger partial charge on any atom is 0.175 e. The molecule has 3 rings (SSSR count). The van der Waals surface area contributed by atoms with Gasteiger partial charge in [-0.2, -0.15) is 10.5 Å². The van der Waals surface area contributed by atoms with E-state index in [2.05, 4.69) is 26.0 Å². The van der Waals surface area contributed by atoms with Gasteiger partial charge in [-0.15, -0.1) is 23.5 Å². The molecule has 1 fully saturated rings. The maximum atomic E-state index is 10.5.